The van der Waals surface area contributed by atoms with Crippen LogP contribution in [0.2, 0.25) is 0 Å². The number of guanidine groups is 1. The fourth-order valence-electron chi connectivity index (χ4n) is 3.05. The molecule has 0 amide bonds. The van der Waals surface area contributed by atoms with Crippen molar-refractivity contribution in [1.29, 1.82) is 0 Å². The van der Waals surface area contributed by atoms with Crippen LogP contribution in [0.5, 0.6) is 5.75 Å². The summed E-state index contributed by atoms with van der Waals surface area (Å²) in [5.74, 6) is 1.74. The van der Waals surface area contributed by atoms with E-state index in [0.29, 0.717) is 0 Å². The van der Waals surface area contributed by atoms with Gasteiger partial charge in [0.05, 0.1) is 7.11 Å². The van der Waals surface area contributed by atoms with Crippen molar-refractivity contribution in [2.45, 2.75) is 39.7 Å². The van der Waals surface area contributed by atoms with Crippen molar-refractivity contribution in [3.63, 3.8) is 0 Å². The van der Waals surface area contributed by atoms with E-state index in [4.69, 9.17) is 4.74 Å². The first kappa shape index (κ1) is 25.0. The first-order chi connectivity index (χ1) is 13.7. The maximum Gasteiger partial charge on any atom is 0.250 e. The highest BCUT2D eigenvalue weighted by molar-refractivity contribution is 14.0. The van der Waals surface area contributed by atoms with Crippen molar-refractivity contribution in [3.8, 4) is 5.75 Å². The van der Waals surface area contributed by atoms with Crippen LogP contribution in [0.15, 0.2) is 52.3 Å². The maximum atomic E-state index is 11.9. The highest BCUT2D eigenvalue weighted by atomic mass is 127. The van der Waals surface area contributed by atoms with Crippen molar-refractivity contribution >= 4 is 29.9 Å². The molecule has 0 fully saturated rings. The lowest BCUT2D eigenvalue weighted by Gasteiger charge is -2.13. The summed E-state index contributed by atoms with van der Waals surface area (Å²) < 4.78 is 7.22. The first-order valence-corrected chi connectivity index (χ1v) is 9.96. The van der Waals surface area contributed by atoms with Gasteiger partial charge in [0.1, 0.15) is 5.75 Å². The molecule has 0 unspecified atom stereocenters. The number of ether oxygens (including phenoxy) is 1. The average Bonchev–Trinajstić information content (AvgIpc) is 2.70. The van der Waals surface area contributed by atoms with E-state index in [0.717, 1.165) is 62.8 Å². The molecular weight excluding hydrogens is 479 g/mol. The van der Waals surface area contributed by atoms with E-state index < -0.39 is 0 Å². The molecule has 0 saturated heterocycles. The molecule has 1 aromatic carbocycles. The van der Waals surface area contributed by atoms with Gasteiger partial charge in [0.15, 0.2) is 5.96 Å². The molecule has 0 saturated carbocycles. The summed E-state index contributed by atoms with van der Waals surface area (Å²) in [5.41, 5.74) is 2.24. The molecule has 2 aromatic rings. The Morgan fingerprint density at radius 1 is 1.10 bits per heavy atom. The maximum absolute atomic E-state index is 11.9. The van der Waals surface area contributed by atoms with Crippen molar-refractivity contribution in [3.05, 3.63) is 64.1 Å². The number of nitrogens with one attached hydrogen (secondary N) is 2. The van der Waals surface area contributed by atoms with Gasteiger partial charge in [-0.2, -0.15) is 0 Å². The molecule has 0 bridgehead atoms. The number of nitrogens with zero attached hydrogens (tertiary/aromatic N) is 2. The smallest absolute Gasteiger partial charge is 0.250 e. The highest BCUT2D eigenvalue weighted by Crippen LogP contribution is 2.17. The third kappa shape index (κ3) is 8.47. The molecule has 29 heavy (non-hydrogen) atoms. The van der Waals surface area contributed by atoms with Crippen LogP contribution in [0.3, 0.4) is 0 Å². The van der Waals surface area contributed by atoms with Gasteiger partial charge in [-0.3, -0.25) is 9.79 Å². The SMILES string of the molecule is CCNC(=NCCCCn1c(C)cccc1=O)NCCc1ccccc1OC.I. The largest absolute Gasteiger partial charge is 0.496 e. The predicted molar refractivity (Wildman–Crippen MR) is 131 cm³/mol. The number of unbranched alkanes of at least 4 members (excludes halogenated alkanes) is 1. The molecule has 6 nitrogen and oxygen atoms in total. The van der Waals surface area contributed by atoms with Crippen LogP contribution in [0.1, 0.15) is 31.0 Å². The number of para-hydroxylation sites is 1. The fraction of sp³-hybridized carbons (Fsp3) is 0.455. The van der Waals surface area contributed by atoms with Crippen LogP contribution in [0, 0.1) is 6.92 Å². The van der Waals surface area contributed by atoms with Gasteiger partial charge >= 0.3 is 0 Å². The molecule has 0 spiro atoms. The molecule has 0 aliphatic heterocycles. The van der Waals surface area contributed by atoms with Crippen LogP contribution in [-0.2, 0) is 13.0 Å². The quantitative estimate of drug-likeness (QED) is 0.222. The predicted octanol–water partition coefficient (Wildman–Crippen LogP) is 3.36. The number of rotatable bonds is 10. The second-order valence-corrected chi connectivity index (χ2v) is 6.61. The van der Waals surface area contributed by atoms with E-state index in [1.807, 2.05) is 35.8 Å². The summed E-state index contributed by atoms with van der Waals surface area (Å²) in [6.07, 6.45) is 2.73. The molecule has 0 aliphatic carbocycles. The third-order valence-electron chi connectivity index (χ3n) is 4.55. The number of hydrogen-bond acceptors (Lipinski definition) is 3. The van der Waals surface area contributed by atoms with Crippen LogP contribution in [-0.4, -0.2) is 37.3 Å². The Kier molecular flexibility index (Phi) is 12.1. The molecule has 1 aromatic heterocycles. The number of aliphatic imine (C=N–C) groups is 1. The third-order valence-corrected chi connectivity index (χ3v) is 4.55. The Balaban J connectivity index is 0.00000420. The van der Waals surface area contributed by atoms with Gasteiger partial charge < -0.3 is 19.9 Å². The molecule has 0 aliphatic rings. The van der Waals surface area contributed by atoms with Crippen LogP contribution >= 0.6 is 24.0 Å². The topological polar surface area (TPSA) is 67.7 Å². The van der Waals surface area contributed by atoms with Gasteiger partial charge in [-0.25, -0.2) is 0 Å². The summed E-state index contributed by atoms with van der Waals surface area (Å²) in [6, 6.07) is 13.4. The second-order valence-electron chi connectivity index (χ2n) is 6.61. The molecule has 160 valence electrons. The fourth-order valence-corrected chi connectivity index (χ4v) is 3.05. The Morgan fingerprint density at radius 2 is 1.90 bits per heavy atom. The van der Waals surface area contributed by atoms with E-state index in [2.05, 4.69) is 28.6 Å². The summed E-state index contributed by atoms with van der Waals surface area (Å²) >= 11 is 0. The number of aryl methyl sites for hydroxylation is 1. The van der Waals surface area contributed by atoms with Gasteiger partial charge in [-0.05, 0) is 50.8 Å². The lowest BCUT2D eigenvalue weighted by atomic mass is 10.1. The van der Waals surface area contributed by atoms with Crippen molar-refractivity contribution in [2.24, 2.45) is 4.99 Å². The lowest BCUT2D eigenvalue weighted by molar-refractivity contribution is 0.409. The summed E-state index contributed by atoms with van der Waals surface area (Å²) in [6.45, 7) is 7.09. The summed E-state index contributed by atoms with van der Waals surface area (Å²) in [4.78, 5) is 16.5. The average molecular weight is 512 g/mol. The van der Waals surface area contributed by atoms with Gasteiger partial charge in [-0.1, -0.05) is 24.3 Å². The zero-order valence-electron chi connectivity index (χ0n) is 17.6. The minimum atomic E-state index is 0. The summed E-state index contributed by atoms with van der Waals surface area (Å²) in [5, 5.41) is 6.65. The molecule has 0 atom stereocenters. The Morgan fingerprint density at radius 3 is 2.62 bits per heavy atom. The van der Waals surface area contributed by atoms with E-state index in [-0.39, 0.29) is 29.5 Å². The number of benzene rings is 1. The molecule has 7 heteroatoms. The number of methoxy groups -OCH3 is 1. The van der Waals surface area contributed by atoms with Crippen LogP contribution in [0.25, 0.3) is 0 Å². The molecule has 1 heterocycles. The first-order valence-electron chi connectivity index (χ1n) is 9.96. The van der Waals surface area contributed by atoms with Crippen molar-refractivity contribution in [1.82, 2.24) is 15.2 Å². The monoisotopic (exact) mass is 512 g/mol. The van der Waals surface area contributed by atoms with E-state index in [1.54, 1.807) is 19.2 Å². The Labute approximate surface area is 190 Å². The standard InChI is InChI=1S/C22H32N4O2.HI/c1-4-23-22(25-16-14-19-11-5-6-12-20(19)28-3)24-15-7-8-17-26-18(2)10-9-13-21(26)27;/h5-6,9-13H,4,7-8,14-17H2,1-3H3,(H2,23,24,25);1H. The molecule has 2 rings (SSSR count). The number of halogens is 1. The molecule has 0 radical (unpaired) electrons. The van der Waals surface area contributed by atoms with Crippen molar-refractivity contribution < 1.29 is 4.74 Å². The van der Waals surface area contributed by atoms with Gasteiger partial charge in [0.25, 0.3) is 5.56 Å². The number of hydrogen-bond donors (Lipinski definition) is 2. The zero-order chi connectivity index (χ0) is 20.2. The van der Waals surface area contributed by atoms with Crippen LogP contribution < -0.4 is 20.9 Å². The van der Waals surface area contributed by atoms with E-state index in [9.17, 15) is 4.79 Å². The van der Waals surface area contributed by atoms with Crippen molar-refractivity contribution in [2.75, 3.05) is 26.7 Å². The van der Waals surface area contributed by atoms with E-state index >= 15 is 0 Å². The lowest BCUT2D eigenvalue weighted by Crippen LogP contribution is -2.38. The minimum Gasteiger partial charge on any atom is -0.496 e. The molecule has 2 N–H and O–H groups in total. The Bertz CT molecular complexity index is 820. The summed E-state index contributed by atoms with van der Waals surface area (Å²) in [7, 11) is 1.70. The number of pyridine rings is 1. The Hall–Kier alpha value is -2.03. The molecular formula is C22H33IN4O2. The van der Waals surface area contributed by atoms with E-state index in [1.165, 1.54) is 5.56 Å². The van der Waals surface area contributed by atoms with Gasteiger partial charge in [0, 0.05) is 37.9 Å². The van der Waals surface area contributed by atoms with Crippen LogP contribution in [0.4, 0.5) is 0 Å². The number of aromatic nitrogens is 1. The second kappa shape index (κ2) is 14.0. The minimum absolute atomic E-state index is 0. The van der Waals surface area contributed by atoms with Gasteiger partial charge in [0.2, 0.25) is 0 Å². The highest BCUT2D eigenvalue weighted by Gasteiger charge is 2.03. The van der Waals surface area contributed by atoms with Gasteiger partial charge in [-0.15, -0.1) is 24.0 Å². The zero-order valence-corrected chi connectivity index (χ0v) is 19.9. The normalized spacial score (nSPS) is 10.9.